The van der Waals surface area contributed by atoms with E-state index in [9.17, 15) is 36.0 Å². The molecule has 0 aliphatic heterocycles. The molecule has 16 heavy (non-hydrogen) atoms. The quantitative estimate of drug-likeness (QED) is 0.301. The summed E-state index contributed by atoms with van der Waals surface area (Å²) >= 11 is 0. The molecule has 0 amide bonds. The van der Waals surface area contributed by atoms with Crippen molar-refractivity contribution in [2.24, 2.45) is 0 Å². The summed E-state index contributed by atoms with van der Waals surface area (Å²) in [6.07, 6.45) is -1.54. The largest absolute Gasteiger partial charge is 0.864 e. The van der Waals surface area contributed by atoms with Crippen LogP contribution in [0.1, 0.15) is 12.8 Å². The van der Waals surface area contributed by atoms with Crippen LogP contribution in [0.3, 0.4) is 0 Å². The van der Waals surface area contributed by atoms with Crippen LogP contribution in [0.25, 0.3) is 0 Å². The van der Waals surface area contributed by atoms with Gasteiger partial charge in [0.25, 0.3) is 5.70 Å². The van der Waals surface area contributed by atoms with Gasteiger partial charge in [-0.3, -0.25) is 10.1 Å². The molecule has 0 radical (unpaired) electrons. The second-order valence-corrected chi connectivity index (χ2v) is 2.91. The minimum absolute atomic E-state index is 0.627. The molecule has 0 unspecified atom stereocenters. The maximum atomic E-state index is 11.2. The smallest absolute Gasteiger partial charge is 0.255 e. The van der Waals surface area contributed by atoms with Gasteiger partial charge in [0, 0.05) is 5.76 Å². The third-order valence-electron chi connectivity index (χ3n) is 1.97. The van der Waals surface area contributed by atoms with Crippen LogP contribution in [0.2, 0.25) is 0 Å². The Morgan fingerprint density at radius 2 is 1.50 bits per heavy atom. The minimum Gasteiger partial charge on any atom is -0.864 e. The van der Waals surface area contributed by atoms with Crippen molar-refractivity contribution in [1.82, 2.24) is 0 Å². The lowest BCUT2D eigenvalue weighted by Crippen LogP contribution is -2.35. The summed E-state index contributed by atoms with van der Waals surface area (Å²) in [5, 5.41) is 63.1. The summed E-state index contributed by atoms with van der Waals surface area (Å²) in [4.78, 5) is 7.17. The molecule has 0 heterocycles. The van der Waals surface area contributed by atoms with Gasteiger partial charge in [-0.25, -0.2) is 0 Å². The second kappa shape index (κ2) is 3.92. The fraction of sp³-hybridized carbons (Fsp3) is 0.333. The molecule has 10 nitrogen and oxygen atoms in total. The fourth-order valence-corrected chi connectivity index (χ4v) is 1.20. The summed E-state index contributed by atoms with van der Waals surface area (Å²) in [6, 6.07) is 0. The fourth-order valence-electron chi connectivity index (χ4n) is 1.20. The SMILES string of the molecule is O=[N+]([O-])C1=C([O-])C(=[N+]([O-])[O-])CC(=[N+]([O-])[O-])C1. The van der Waals surface area contributed by atoms with E-state index in [1.54, 1.807) is 0 Å². The molecule has 0 saturated carbocycles. The zero-order valence-corrected chi connectivity index (χ0v) is 7.61. The lowest BCUT2D eigenvalue weighted by Gasteiger charge is -2.22. The van der Waals surface area contributed by atoms with E-state index >= 15 is 0 Å². The third-order valence-corrected chi connectivity index (χ3v) is 1.97. The lowest BCUT2D eigenvalue weighted by atomic mass is 9.99. The Morgan fingerprint density at radius 1 is 0.938 bits per heavy atom. The lowest BCUT2D eigenvalue weighted by molar-refractivity contribution is -0.449. The summed E-state index contributed by atoms with van der Waals surface area (Å²) in [5.74, 6) is -1.35. The Bertz CT molecular complexity index is 427. The average molecular weight is 230 g/mol. The molecule has 0 aromatic carbocycles. The molecule has 88 valence electrons. The van der Waals surface area contributed by atoms with Gasteiger partial charge in [0.1, 0.15) is 12.8 Å². The summed E-state index contributed by atoms with van der Waals surface area (Å²) < 4.78 is 0. The van der Waals surface area contributed by atoms with E-state index in [0.717, 1.165) is 0 Å². The topological polar surface area (TPSA) is 164 Å². The first kappa shape index (κ1) is 11.6. The molecule has 1 aliphatic rings. The molecule has 0 saturated heterocycles. The van der Waals surface area contributed by atoms with Gasteiger partial charge >= 0.3 is 0 Å². The first-order valence-corrected chi connectivity index (χ1v) is 3.88. The van der Waals surface area contributed by atoms with Crippen LogP contribution in [0.5, 0.6) is 0 Å². The molecule has 0 aromatic heterocycles. The zero-order chi connectivity index (χ0) is 12.5. The van der Waals surface area contributed by atoms with Gasteiger partial charge in [-0.2, -0.15) is 9.80 Å². The molecule has 0 spiro atoms. The van der Waals surface area contributed by atoms with Crippen molar-refractivity contribution >= 4 is 11.4 Å². The van der Waals surface area contributed by atoms with Crippen LogP contribution < -0.4 is 5.11 Å². The van der Waals surface area contributed by atoms with Crippen molar-refractivity contribution in [3.63, 3.8) is 0 Å². The molecule has 0 fully saturated rings. The van der Waals surface area contributed by atoms with Crippen LogP contribution in [-0.2, 0) is 0 Å². The number of hydrogen-bond acceptors (Lipinski definition) is 7. The van der Waals surface area contributed by atoms with E-state index in [4.69, 9.17) is 0 Å². The predicted molar refractivity (Wildman–Crippen MR) is 47.3 cm³/mol. The highest BCUT2D eigenvalue weighted by Crippen LogP contribution is 2.18. The average Bonchev–Trinajstić information content (AvgIpc) is 2.16. The Kier molecular flexibility index (Phi) is 2.83. The Balaban J connectivity index is 3.36. The predicted octanol–water partition coefficient (Wildman–Crippen LogP) is -1.47. The standard InChI is InChI=1S/C6H5N3O7/c10-6-4(8(13)14)1-3(7(11)12)2-5(6)9(15)16/h1-2H2,(H-2,10,11,12,13,14)/q-2/p-1. The summed E-state index contributed by atoms with van der Waals surface area (Å²) in [6.45, 7) is 0. The Hall–Kier alpha value is -2.52. The molecular formula is C6H4N3O7-3. The number of allylic oxidation sites excluding steroid dienone is 2. The van der Waals surface area contributed by atoms with E-state index in [2.05, 4.69) is 0 Å². The van der Waals surface area contributed by atoms with Gasteiger partial charge in [-0.05, 0) is 0 Å². The van der Waals surface area contributed by atoms with Crippen molar-refractivity contribution < 1.29 is 19.8 Å². The van der Waals surface area contributed by atoms with E-state index in [-0.39, 0.29) is 0 Å². The van der Waals surface area contributed by atoms with Crippen LogP contribution >= 0.6 is 0 Å². The highest BCUT2D eigenvalue weighted by Gasteiger charge is 2.32. The van der Waals surface area contributed by atoms with Crippen molar-refractivity contribution in [3.8, 4) is 0 Å². The van der Waals surface area contributed by atoms with Crippen LogP contribution in [-0.4, -0.2) is 26.2 Å². The Morgan fingerprint density at radius 3 is 1.88 bits per heavy atom. The highest BCUT2D eigenvalue weighted by atomic mass is 16.8. The van der Waals surface area contributed by atoms with Crippen LogP contribution in [0.15, 0.2) is 11.5 Å². The van der Waals surface area contributed by atoms with Gasteiger partial charge in [0.2, 0.25) is 5.71 Å². The van der Waals surface area contributed by atoms with Crippen LogP contribution in [0, 0.1) is 30.9 Å². The van der Waals surface area contributed by atoms with Gasteiger partial charge in [0.05, 0.1) is 4.92 Å². The molecule has 0 atom stereocenters. The zero-order valence-electron chi connectivity index (χ0n) is 7.61. The first-order chi connectivity index (χ1) is 7.34. The minimum atomic E-state index is -1.35. The molecule has 1 rings (SSSR count). The van der Waals surface area contributed by atoms with Gasteiger partial charge in [-0.15, -0.1) is 0 Å². The molecule has 10 heteroatoms. The van der Waals surface area contributed by atoms with E-state index in [1.807, 2.05) is 0 Å². The monoisotopic (exact) mass is 230 g/mol. The maximum Gasteiger partial charge on any atom is 0.255 e. The number of nitrogens with zero attached hydrogens (tertiary/aromatic N) is 3. The summed E-state index contributed by atoms with van der Waals surface area (Å²) in [7, 11) is 0. The van der Waals surface area contributed by atoms with Gasteiger partial charge in [-0.1, -0.05) is 0 Å². The second-order valence-electron chi connectivity index (χ2n) is 2.91. The molecule has 0 N–H and O–H groups in total. The van der Waals surface area contributed by atoms with Crippen molar-refractivity contribution in [1.29, 1.82) is 0 Å². The summed E-state index contributed by atoms with van der Waals surface area (Å²) in [5.41, 5.74) is -2.70. The number of nitro groups is 1. The molecular weight excluding hydrogens is 226 g/mol. The van der Waals surface area contributed by atoms with Crippen molar-refractivity contribution in [2.45, 2.75) is 12.8 Å². The molecule has 0 bridgehead atoms. The number of rotatable bonds is 1. The molecule has 1 aliphatic carbocycles. The van der Waals surface area contributed by atoms with Gasteiger partial charge in [0.15, 0.2) is 5.71 Å². The Labute approximate surface area is 87.5 Å². The number of hydrogen-bond donors (Lipinski definition) is 0. The molecule has 0 aromatic rings. The van der Waals surface area contributed by atoms with Gasteiger partial charge < -0.3 is 25.9 Å². The van der Waals surface area contributed by atoms with E-state index < -0.39 is 50.4 Å². The maximum absolute atomic E-state index is 11.2. The van der Waals surface area contributed by atoms with Crippen LogP contribution in [0.4, 0.5) is 0 Å². The third kappa shape index (κ3) is 1.94. The normalized spacial score (nSPS) is 16.2. The highest BCUT2D eigenvalue weighted by molar-refractivity contribution is 6.10. The van der Waals surface area contributed by atoms with E-state index in [0.29, 0.717) is 0 Å². The first-order valence-electron chi connectivity index (χ1n) is 3.88. The van der Waals surface area contributed by atoms with E-state index in [1.165, 1.54) is 0 Å². The van der Waals surface area contributed by atoms with Crippen molar-refractivity contribution in [3.05, 3.63) is 42.4 Å². The van der Waals surface area contributed by atoms with Crippen molar-refractivity contribution in [2.75, 3.05) is 0 Å².